The summed E-state index contributed by atoms with van der Waals surface area (Å²) in [6.45, 7) is 13.2. The van der Waals surface area contributed by atoms with Gasteiger partial charge < -0.3 is 10.1 Å². The Balaban J connectivity index is 2.47. The summed E-state index contributed by atoms with van der Waals surface area (Å²) in [6, 6.07) is 0. The zero-order valence-electron chi connectivity index (χ0n) is 12.6. The molecule has 4 nitrogen and oxygen atoms in total. The summed E-state index contributed by atoms with van der Waals surface area (Å²) in [7, 11) is 1.97. The van der Waals surface area contributed by atoms with Crippen LogP contribution in [0.4, 0.5) is 0 Å². The average molecular weight is 253 g/mol. The fourth-order valence-corrected chi connectivity index (χ4v) is 1.89. The van der Waals surface area contributed by atoms with Crippen LogP contribution in [0.3, 0.4) is 0 Å². The fraction of sp³-hybridized carbons (Fsp3) is 0.786. The van der Waals surface area contributed by atoms with E-state index in [2.05, 4.69) is 51.2 Å². The Morgan fingerprint density at radius 1 is 1.39 bits per heavy atom. The lowest BCUT2D eigenvalue weighted by atomic mass is 9.89. The number of nitrogens with zero attached hydrogens (tertiary/aromatic N) is 2. The van der Waals surface area contributed by atoms with E-state index in [-0.39, 0.29) is 5.41 Å². The van der Waals surface area contributed by atoms with E-state index >= 15 is 0 Å². The van der Waals surface area contributed by atoms with E-state index in [4.69, 9.17) is 4.74 Å². The molecule has 0 aliphatic carbocycles. The van der Waals surface area contributed by atoms with Crippen molar-refractivity contribution in [2.24, 2.45) is 7.05 Å². The quantitative estimate of drug-likeness (QED) is 0.790. The molecular weight excluding hydrogens is 226 g/mol. The molecule has 0 aromatic carbocycles. The minimum absolute atomic E-state index is 0.0900. The van der Waals surface area contributed by atoms with Crippen molar-refractivity contribution in [1.82, 2.24) is 15.1 Å². The summed E-state index contributed by atoms with van der Waals surface area (Å²) in [4.78, 5) is 0. The van der Waals surface area contributed by atoms with Gasteiger partial charge in [-0.1, -0.05) is 20.8 Å². The molecule has 1 aromatic heterocycles. The summed E-state index contributed by atoms with van der Waals surface area (Å²) in [6.07, 6.45) is 2.40. The molecular formula is C14H27N3O. The second-order valence-corrected chi connectivity index (χ2v) is 6.02. The highest BCUT2D eigenvalue weighted by molar-refractivity contribution is 5.23. The Morgan fingerprint density at radius 2 is 2.06 bits per heavy atom. The molecule has 0 aliphatic heterocycles. The summed E-state index contributed by atoms with van der Waals surface area (Å²) in [5.41, 5.74) is 2.53. The summed E-state index contributed by atoms with van der Waals surface area (Å²) in [5.74, 6) is 0. The monoisotopic (exact) mass is 253 g/mol. The number of aromatic nitrogens is 2. The van der Waals surface area contributed by atoms with Gasteiger partial charge >= 0.3 is 0 Å². The lowest BCUT2D eigenvalue weighted by Gasteiger charge is -2.17. The minimum Gasteiger partial charge on any atom is -0.377 e. The first-order chi connectivity index (χ1) is 8.30. The van der Waals surface area contributed by atoms with Gasteiger partial charge in [0.1, 0.15) is 0 Å². The van der Waals surface area contributed by atoms with Gasteiger partial charge in [-0.3, -0.25) is 4.68 Å². The second kappa shape index (κ2) is 6.34. The Labute approximate surface area is 111 Å². The highest BCUT2D eigenvalue weighted by Gasteiger charge is 2.21. The summed E-state index contributed by atoms with van der Waals surface area (Å²) < 4.78 is 7.39. The first kappa shape index (κ1) is 15.2. The van der Waals surface area contributed by atoms with E-state index in [9.17, 15) is 0 Å². The molecule has 0 atom stereocenters. The van der Waals surface area contributed by atoms with Crippen LogP contribution < -0.4 is 5.32 Å². The van der Waals surface area contributed by atoms with Gasteiger partial charge in [-0.2, -0.15) is 5.10 Å². The largest absolute Gasteiger partial charge is 0.377 e. The van der Waals surface area contributed by atoms with Crippen molar-refractivity contribution in [2.75, 3.05) is 13.2 Å². The lowest BCUT2D eigenvalue weighted by Crippen LogP contribution is -2.23. The third-order valence-electron chi connectivity index (χ3n) is 2.66. The van der Waals surface area contributed by atoms with Gasteiger partial charge in [0.25, 0.3) is 0 Å². The molecule has 0 unspecified atom stereocenters. The standard InChI is InChI=1S/C14H27N3O/c1-11(2)18-8-7-15-9-12-10-17(6)16-13(12)14(3,4)5/h10-11,15H,7-9H2,1-6H3. The van der Waals surface area contributed by atoms with E-state index in [1.165, 1.54) is 11.3 Å². The molecule has 0 saturated carbocycles. The molecule has 0 aliphatic rings. The number of nitrogens with one attached hydrogen (secondary N) is 1. The van der Waals surface area contributed by atoms with Gasteiger partial charge in [0.15, 0.2) is 0 Å². The van der Waals surface area contributed by atoms with Crippen molar-refractivity contribution >= 4 is 0 Å². The predicted molar refractivity (Wildman–Crippen MR) is 74.7 cm³/mol. The zero-order valence-corrected chi connectivity index (χ0v) is 12.6. The molecule has 0 fully saturated rings. The van der Waals surface area contributed by atoms with Gasteiger partial charge in [-0.05, 0) is 13.8 Å². The number of rotatable bonds is 6. The van der Waals surface area contributed by atoms with Crippen molar-refractivity contribution in [3.05, 3.63) is 17.5 Å². The number of aryl methyl sites for hydroxylation is 1. The molecule has 0 amide bonds. The van der Waals surface area contributed by atoms with Crippen molar-refractivity contribution < 1.29 is 4.74 Å². The third kappa shape index (κ3) is 4.78. The van der Waals surface area contributed by atoms with Crippen LogP contribution in [0.15, 0.2) is 6.20 Å². The van der Waals surface area contributed by atoms with Gasteiger partial charge in [0, 0.05) is 37.3 Å². The van der Waals surface area contributed by atoms with Gasteiger partial charge in [0.2, 0.25) is 0 Å². The maximum absolute atomic E-state index is 5.50. The van der Waals surface area contributed by atoms with Crippen LogP contribution >= 0.6 is 0 Å². The van der Waals surface area contributed by atoms with Crippen LogP contribution in [-0.4, -0.2) is 29.0 Å². The zero-order chi connectivity index (χ0) is 13.8. The lowest BCUT2D eigenvalue weighted by molar-refractivity contribution is 0.0807. The molecule has 1 N–H and O–H groups in total. The van der Waals surface area contributed by atoms with Crippen LogP contribution in [0.25, 0.3) is 0 Å². The van der Waals surface area contributed by atoms with E-state index < -0.39 is 0 Å². The Kier molecular flexibility index (Phi) is 5.35. The topological polar surface area (TPSA) is 39.1 Å². The molecule has 4 heteroatoms. The van der Waals surface area contributed by atoms with Crippen LogP contribution in [0, 0.1) is 0 Å². The van der Waals surface area contributed by atoms with E-state index in [1.807, 2.05) is 11.7 Å². The van der Waals surface area contributed by atoms with E-state index in [0.717, 1.165) is 19.7 Å². The van der Waals surface area contributed by atoms with Crippen molar-refractivity contribution in [3.63, 3.8) is 0 Å². The predicted octanol–water partition coefficient (Wildman–Crippen LogP) is 2.23. The third-order valence-corrected chi connectivity index (χ3v) is 2.66. The maximum atomic E-state index is 5.50. The van der Waals surface area contributed by atoms with Crippen molar-refractivity contribution in [2.45, 2.75) is 52.7 Å². The molecule has 0 spiro atoms. The smallest absolute Gasteiger partial charge is 0.0722 e. The first-order valence-corrected chi connectivity index (χ1v) is 6.66. The van der Waals surface area contributed by atoms with Gasteiger partial charge in [0.05, 0.1) is 18.4 Å². The minimum atomic E-state index is 0.0900. The van der Waals surface area contributed by atoms with Gasteiger partial charge in [-0.25, -0.2) is 0 Å². The highest BCUT2D eigenvalue weighted by Crippen LogP contribution is 2.23. The first-order valence-electron chi connectivity index (χ1n) is 6.66. The molecule has 18 heavy (non-hydrogen) atoms. The van der Waals surface area contributed by atoms with Crippen LogP contribution in [0.1, 0.15) is 45.9 Å². The van der Waals surface area contributed by atoms with Crippen LogP contribution in [0.2, 0.25) is 0 Å². The highest BCUT2D eigenvalue weighted by atomic mass is 16.5. The van der Waals surface area contributed by atoms with Gasteiger partial charge in [-0.15, -0.1) is 0 Å². The normalized spacial score (nSPS) is 12.4. The summed E-state index contributed by atoms with van der Waals surface area (Å²) >= 11 is 0. The molecule has 0 radical (unpaired) electrons. The summed E-state index contributed by atoms with van der Waals surface area (Å²) in [5, 5.41) is 7.96. The molecule has 104 valence electrons. The Hall–Kier alpha value is -0.870. The SMILES string of the molecule is CC(C)OCCNCc1cn(C)nc1C(C)(C)C. The number of ether oxygens (including phenoxy) is 1. The van der Waals surface area contributed by atoms with Crippen molar-refractivity contribution in [3.8, 4) is 0 Å². The molecule has 1 heterocycles. The Bertz CT molecular complexity index is 364. The molecule has 0 saturated heterocycles. The maximum Gasteiger partial charge on any atom is 0.0722 e. The Morgan fingerprint density at radius 3 is 2.61 bits per heavy atom. The van der Waals surface area contributed by atoms with E-state index in [0.29, 0.717) is 6.10 Å². The van der Waals surface area contributed by atoms with Crippen LogP contribution in [0.5, 0.6) is 0 Å². The fourth-order valence-electron chi connectivity index (χ4n) is 1.89. The van der Waals surface area contributed by atoms with E-state index in [1.54, 1.807) is 0 Å². The van der Waals surface area contributed by atoms with Crippen LogP contribution in [-0.2, 0) is 23.7 Å². The average Bonchev–Trinajstić information content (AvgIpc) is 2.58. The van der Waals surface area contributed by atoms with Crippen molar-refractivity contribution in [1.29, 1.82) is 0 Å². The molecule has 1 aromatic rings. The molecule has 0 bridgehead atoms. The molecule has 1 rings (SSSR count). The second-order valence-electron chi connectivity index (χ2n) is 6.02. The number of hydrogen-bond acceptors (Lipinski definition) is 3. The number of hydrogen-bond donors (Lipinski definition) is 1.